The summed E-state index contributed by atoms with van der Waals surface area (Å²) in [6.45, 7) is 2.36. The van der Waals surface area contributed by atoms with Crippen LogP contribution >= 0.6 is 11.3 Å². The average molecular weight is 272 g/mol. The Labute approximate surface area is 115 Å². The van der Waals surface area contributed by atoms with Crippen LogP contribution in [0.2, 0.25) is 0 Å². The van der Waals surface area contributed by atoms with Gasteiger partial charge >= 0.3 is 0 Å². The van der Waals surface area contributed by atoms with Gasteiger partial charge < -0.3 is 4.74 Å². The van der Waals surface area contributed by atoms with Crippen molar-refractivity contribution in [2.24, 2.45) is 0 Å². The Bertz CT molecular complexity index is 718. The van der Waals surface area contributed by atoms with Gasteiger partial charge in [-0.15, -0.1) is 11.3 Å². The molecular formula is C16H13FOS. The Morgan fingerprint density at radius 3 is 2.84 bits per heavy atom. The fraction of sp³-hybridized carbons (Fsp3) is 0.125. The van der Waals surface area contributed by atoms with Crippen molar-refractivity contribution in [2.75, 3.05) is 0 Å². The van der Waals surface area contributed by atoms with E-state index in [9.17, 15) is 4.39 Å². The molecule has 1 aromatic heterocycles. The normalized spacial score (nSPS) is 10.8. The maximum Gasteiger partial charge on any atom is 0.123 e. The zero-order valence-corrected chi connectivity index (χ0v) is 11.3. The summed E-state index contributed by atoms with van der Waals surface area (Å²) in [4.78, 5) is 0. The monoisotopic (exact) mass is 272 g/mol. The number of hydrogen-bond acceptors (Lipinski definition) is 2. The Kier molecular flexibility index (Phi) is 3.22. The first-order valence-corrected chi connectivity index (χ1v) is 6.96. The van der Waals surface area contributed by atoms with E-state index in [1.807, 2.05) is 19.1 Å². The molecule has 19 heavy (non-hydrogen) atoms. The third-order valence-corrected chi connectivity index (χ3v) is 4.09. The largest absolute Gasteiger partial charge is 0.489 e. The SMILES string of the molecule is Cc1cc(F)ccc1OCc1csc2ccccc12. The molecule has 1 heterocycles. The Balaban J connectivity index is 1.82. The van der Waals surface area contributed by atoms with Gasteiger partial charge in [0.15, 0.2) is 0 Å². The molecule has 0 radical (unpaired) electrons. The zero-order valence-electron chi connectivity index (χ0n) is 10.5. The van der Waals surface area contributed by atoms with E-state index in [0.717, 1.165) is 11.3 Å². The quantitative estimate of drug-likeness (QED) is 0.657. The summed E-state index contributed by atoms with van der Waals surface area (Å²) in [5.74, 6) is 0.502. The molecule has 0 unspecified atom stereocenters. The predicted octanol–water partition coefficient (Wildman–Crippen LogP) is 4.93. The molecule has 96 valence electrons. The smallest absolute Gasteiger partial charge is 0.123 e. The maximum atomic E-state index is 13.0. The van der Waals surface area contributed by atoms with Crippen LogP contribution in [0.25, 0.3) is 10.1 Å². The van der Waals surface area contributed by atoms with Gasteiger partial charge in [-0.1, -0.05) is 18.2 Å². The summed E-state index contributed by atoms with van der Waals surface area (Å²) in [6, 6.07) is 12.9. The minimum Gasteiger partial charge on any atom is -0.489 e. The van der Waals surface area contributed by atoms with Crippen LogP contribution in [0, 0.1) is 12.7 Å². The van der Waals surface area contributed by atoms with Crippen molar-refractivity contribution in [3.05, 3.63) is 64.8 Å². The summed E-state index contributed by atoms with van der Waals surface area (Å²) in [5, 5.41) is 3.34. The topological polar surface area (TPSA) is 9.23 Å². The van der Waals surface area contributed by atoms with Gasteiger partial charge in [0.2, 0.25) is 0 Å². The van der Waals surface area contributed by atoms with E-state index in [-0.39, 0.29) is 5.82 Å². The van der Waals surface area contributed by atoms with E-state index in [0.29, 0.717) is 6.61 Å². The minimum absolute atomic E-state index is 0.231. The van der Waals surface area contributed by atoms with Crippen LogP contribution in [0.15, 0.2) is 47.8 Å². The lowest BCUT2D eigenvalue weighted by Crippen LogP contribution is -1.96. The minimum atomic E-state index is -0.231. The van der Waals surface area contributed by atoms with Crippen molar-refractivity contribution in [1.82, 2.24) is 0 Å². The number of rotatable bonds is 3. The number of thiophene rings is 1. The number of hydrogen-bond donors (Lipinski definition) is 0. The van der Waals surface area contributed by atoms with Crippen LogP contribution in [0.4, 0.5) is 4.39 Å². The van der Waals surface area contributed by atoms with E-state index in [2.05, 4.69) is 17.5 Å². The fourth-order valence-electron chi connectivity index (χ4n) is 2.07. The molecule has 0 aliphatic carbocycles. The molecule has 0 amide bonds. The first-order chi connectivity index (χ1) is 9.24. The third kappa shape index (κ3) is 2.47. The van der Waals surface area contributed by atoms with Gasteiger partial charge in [-0.25, -0.2) is 4.39 Å². The zero-order chi connectivity index (χ0) is 13.2. The van der Waals surface area contributed by atoms with Crippen molar-refractivity contribution in [2.45, 2.75) is 13.5 Å². The van der Waals surface area contributed by atoms with Gasteiger partial charge in [0, 0.05) is 10.3 Å². The standard InChI is InChI=1S/C16H13FOS/c1-11-8-13(17)6-7-15(11)18-9-12-10-19-16-5-3-2-4-14(12)16/h2-8,10H,9H2,1H3. The molecule has 3 aromatic rings. The van der Waals surface area contributed by atoms with E-state index < -0.39 is 0 Å². The molecule has 0 N–H and O–H groups in total. The van der Waals surface area contributed by atoms with Crippen LogP contribution in [0.3, 0.4) is 0 Å². The molecule has 1 nitrogen and oxygen atoms in total. The second kappa shape index (κ2) is 5.02. The molecule has 2 aromatic carbocycles. The number of fused-ring (bicyclic) bond motifs is 1. The predicted molar refractivity (Wildman–Crippen MR) is 77.3 cm³/mol. The summed E-state index contributed by atoms with van der Waals surface area (Å²) < 4.78 is 20.1. The highest BCUT2D eigenvalue weighted by atomic mass is 32.1. The first kappa shape index (κ1) is 12.2. The van der Waals surface area contributed by atoms with E-state index >= 15 is 0 Å². The average Bonchev–Trinajstić information content (AvgIpc) is 2.81. The molecule has 0 atom stereocenters. The maximum absolute atomic E-state index is 13.0. The lowest BCUT2D eigenvalue weighted by molar-refractivity contribution is 0.305. The second-order valence-corrected chi connectivity index (χ2v) is 5.37. The van der Waals surface area contributed by atoms with Gasteiger partial charge in [0.25, 0.3) is 0 Å². The summed E-state index contributed by atoms with van der Waals surface area (Å²) in [5.41, 5.74) is 1.99. The number of halogens is 1. The molecule has 3 rings (SSSR count). The Hall–Kier alpha value is -1.87. The highest BCUT2D eigenvalue weighted by molar-refractivity contribution is 7.17. The summed E-state index contributed by atoms with van der Waals surface area (Å²) >= 11 is 1.72. The van der Waals surface area contributed by atoms with Crippen LogP contribution in [0.1, 0.15) is 11.1 Å². The number of aryl methyl sites for hydroxylation is 1. The molecule has 0 aliphatic heterocycles. The van der Waals surface area contributed by atoms with E-state index in [1.165, 1.54) is 27.8 Å². The Morgan fingerprint density at radius 2 is 2.00 bits per heavy atom. The third-order valence-electron chi connectivity index (χ3n) is 3.08. The summed E-state index contributed by atoms with van der Waals surface area (Å²) in [6.07, 6.45) is 0. The molecule has 0 bridgehead atoms. The highest BCUT2D eigenvalue weighted by Gasteiger charge is 2.06. The molecule has 0 aliphatic rings. The summed E-state index contributed by atoms with van der Waals surface area (Å²) in [7, 11) is 0. The van der Waals surface area contributed by atoms with Crippen molar-refractivity contribution in [1.29, 1.82) is 0 Å². The number of benzene rings is 2. The molecule has 0 spiro atoms. The van der Waals surface area contributed by atoms with Gasteiger partial charge in [-0.3, -0.25) is 0 Å². The Morgan fingerprint density at radius 1 is 1.16 bits per heavy atom. The van der Waals surface area contributed by atoms with Crippen LogP contribution in [-0.2, 0) is 6.61 Å². The van der Waals surface area contributed by atoms with Crippen molar-refractivity contribution < 1.29 is 9.13 Å². The highest BCUT2D eigenvalue weighted by Crippen LogP contribution is 2.27. The molecule has 0 fully saturated rings. The van der Waals surface area contributed by atoms with Gasteiger partial charge in [0.1, 0.15) is 18.2 Å². The van der Waals surface area contributed by atoms with Crippen LogP contribution in [-0.4, -0.2) is 0 Å². The lowest BCUT2D eigenvalue weighted by atomic mass is 10.2. The van der Waals surface area contributed by atoms with Crippen molar-refractivity contribution >= 4 is 21.4 Å². The van der Waals surface area contributed by atoms with E-state index in [1.54, 1.807) is 17.4 Å². The number of ether oxygens (including phenoxy) is 1. The van der Waals surface area contributed by atoms with Gasteiger partial charge in [0.05, 0.1) is 0 Å². The molecule has 0 saturated carbocycles. The van der Waals surface area contributed by atoms with Crippen LogP contribution < -0.4 is 4.74 Å². The van der Waals surface area contributed by atoms with Crippen molar-refractivity contribution in [3.8, 4) is 5.75 Å². The molecule has 0 saturated heterocycles. The van der Waals surface area contributed by atoms with Crippen molar-refractivity contribution in [3.63, 3.8) is 0 Å². The lowest BCUT2D eigenvalue weighted by Gasteiger charge is -2.08. The van der Waals surface area contributed by atoms with E-state index in [4.69, 9.17) is 4.74 Å². The molecular weight excluding hydrogens is 259 g/mol. The fourth-order valence-corrected chi connectivity index (χ4v) is 3.02. The van der Waals surface area contributed by atoms with Gasteiger partial charge in [-0.2, -0.15) is 0 Å². The van der Waals surface area contributed by atoms with Crippen LogP contribution in [0.5, 0.6) is 5.75 Å². The van der Waals surface area contributed by atoms with Gasteiger partial charge in [-0.05, 0) is 47.5 Å². The molecule has 3 heteroatoms. The second-order valence-electron chi connectivity index (χ2n) is 4.46. The first-order valence-electron chi connectivity index (χ1n) is 6.08.